The van der Waals surface area contributed by atoms with Crippen molar-refractivity contribution >= 4 is 11.6 Å². The van der Waals surface area contributed by atoms with Crippen LogP contribution in [0.2, 0.25) is 0 Å². The quantitative estimate of drug-likeness (QED) is 0.281. The molecular formula is C32H32N4O3. The van der Waals surface area contributed by atoms with E-state index in [4.69, 9.17) is 14.1 Å². The third-order valence-electron chi connectivity index (χ3n) is 7.55. The van der Waals surface area contributed by atoms with Crippen LogP contribution in [0.25, 0.3) is 28.0 Å². The molecule has 1 saturated heterocycles. The number of carbonyl (C=O) groups is 1. The van der Waals surface area contributed by atoms with Gasteiger partial charge < -0.3 is 18.5 Å². The first-order valence-corrected chi connectivity index (χ1v) is 13.3. The summed E-state index contributed by atoms with van der Waals surface area (Å²) in [7, 11) is 1.68. The zero-order valence-corrected chi connectivity index (χ0v) is 22.6. The number of aromatic nitrogens is 2. The van der Waals surface area contributed by atoms with E-state index >= 15 is 0 Å². The minimum Gasteiger partial charge on any atom is -0.497 e. The molecule has 1 amide bonds. The molecule has 0 N–H and O–H groups in total. The van der Waals surface area contributed by atoms with Gasteiger partial charge in [0.15, 0.2) is 5.76 Å². The molecule has 1 aliphatic rings. The Bertz CT molecular complexity index is 1610. The first-order valence-electron chi connectivity index (χ1n) is 13.3. The van der Waals surface area contributed by atoms with Crippen molar-refractivity contribution in [3.63, 3.8) is 0 Å². The van der Waals surface area contributed by atoms with Gasteiger partial charge in [-0.05, 0) is 79.1 Å². The molecule has 0 unspecified atom stereocenters. The van der Waals surface area contributed by atoms with Crippen LogP contribution in [-0.2, 0) is 6.54 Å². The van der Waals surface area contributed by atoms with Gasteiger partial charge >= 0.3 is 0 Å². The lowest BCUT2D eigenvalue weighted by Crippen LogP contribution is -2.48. The molecule has 0 bridgehead atoms. The van der Waals surface area contributed by atoms with Gasteiger partial charge in [-0.3, -0.25) is 9.69 Å². The van der Waals surface area contributed by atoms with Crippen LogP contribution < -0.4 is 4.74 Å². The Morgan fingerprint density at radius 1 is 0.949 bits per heavy atom. The highest BCUT2D eigenvalue weighted by Crippen LogP contribution is 2.31. The molecular weight excluding hydrogens is 488 g/mol. The maximum absolute atomic E-state index is 12.8. The van der Waals surface area contributed by atoms with E-state index in [1.165, 1.54) is 16.7 Å². The molecule has 4 heterocycles. The Morgan fingerprint density at radius 3 is 2.44 bits per heavy atom. The van der Waals surface area contributed by atoms with Crippen LogP contribution in [0.5, 0.6) is 5.75 Å². The number of methoxy groups -OCH3 is 1. The first kappa shape index (κ1) is 24.9. The maximum atomic E-state index is 12.8. The van der Waals surface area contributed by atoms with Crippen LogP contribution in [0.3, 0.4) is 0 Å². The second-order valence-electron chi connectivity index (χ2n) is 10.1. The van der Waals surface area contributed by atoms with E-state index in [2.05, 4.69) is 71.8 Å². The summed E-state index contributed by atoms with van der Waals surface area (Å²) in [5.41, 5.74) is 8.94. The van der Waals surface area contributed by atoms with Crippen LogP contribution in [0.4, 0.5) is 0 Å². The van der Waals surface area contributed by atoms with Gasteiger partial charge in [0, 0.05) is 44.5 Å². The number of benzene rings is 2. The van der Waals surface area contributed by atoms with Crippen molar-refractivity contribution in [1.29, 1.82) is 0 Å². The van der Waals surface area contributed by atoms with Gasteiger partial charge in [0.25, 0.3) is 5.91 Å². The molecule has 3 aromatic heterocycles. The number of ether oxygens (including phenoxy) is 1. The third-order valence-corrected chi connectivity index (χ3v) is 7.55. The number of hydrogen-bond acceptors (Lipinski definition) is 5. The van der Waals surface area contributed by atoms with E-state index in [0.717, 1.165) is 53.5 Å². The molecule has 0 aliphatic carbocycles. The fourth-order valence-electron chi connectivity index (χ4n) is 5.31. The molecule has 198 valence electrons. The fraction of sp³-hybridized carbons (Fsp3) is 0.250. The molecule has 6 rings (SSSR count). The summed E-state index contributed by atoms with van der Waals surface area (Å²) in [4.78, 5) is 22.1. The summed E-state index contributed by atoms with van der Waals surface area (Å²) in [5, 5.41) is 0. The third kappa shape index (κ3) is 4.93. The van der Waals surface area contributed by atoms with E-state index in [9.17, 15) is 4.79 Å². The minimum absolute atomic E-state index is 0.0495. The number of pyridine rings is 1. The van der Waals surface area contributed by atoms with Crippen molar-refractivity contribution in [3.05, 3.63) is 102 Å². The molecule has 0 atom stereocenters. The Morgan fingerprint density at radius 2 is 1.72 bits per heavy atom. The van der Waals surface area contributed by atoms with Crippen LogP contribution in [0.1, 0.15) is 27.4 Å². The molecule has 39 heavy (non-hydrogen) atoms. The summed E-state index contributed by atoms with van der Waals surface area (Å²) < 4.78 is 12.9. The number of carbonyl (C=O) groups excluding carboxylic acids is 1. The van der Waals surface area contributed by atoms with Crippen molar-refractivity contribution in [2.45, 2.75) is 20.4 Å². The molecule has 1 aliphatic heterocycles. The smallest absolute Gasteiger partial charge is 0.289 e. The predicted molar refractivity (Wildman–Crippen MR) is 152 cm³/mol. The largest absolute Gasteiger partial charge is 0.497 e. The van der Waals surface area contributed by atoms with Gasteiger partial charge in [-0.1, -0.05) is 23.8 Å². The fourth-order valence-corrected chi connectivity index (χ4v) is 5.31. The summed E-state index contributed by atoms with van der Waals surface area (Å²) in [6, 6.07) is 22.4. The van der Waals surface area contributed by atoms with Crippen LogP contribution in [-0.4, -0.2) is 58.4 Å². The van der Waals surface area contributed by atoms with Crippen LogP contribution in [0.15, 0.2) is 83.6 Å². The van der Waals surface area contributed by atoms with Crippen molar-refractivity contribution in [2.75, 3.05) is 33.3 Å². The van der Waals surface area contributed by atoms with Crippen molar-refractivity contribution in [1.82, 2.24) is 19.2 Å². The number of amides is 1. The molecule has 0 saturated carbocycles. The van der Waals surface area contributed by atoms with Crippen LogP contribution >= 0.6 is 0 Å². The normalized spacial score (nSPS) is 14.2. The van der Waals surface area contributed by atoms with E-state index in [1.54, 1.807) is 25.5 Å². The average Bonchev–Trinajstić information content (AvgIpc) is 3.63. The van der Waals surface area contributed by atoms with Gasteiger partial charge in [0.2, 0.25) is 0 Å². The summed E-state index contributed by atoms with van der Waals surface area (Å²) in [5.74, 6) is 1.16. The number of fused-ring (bicyclic) bond motifs is 1. The molecule has 1 fully saturated rings. The number of rotatable bonds is 6. The monoisotopic (exact) mass is 520 g/mol. The summed E-state index contributed by atoms with van der Waals surface area (Å²) >= 11 is 0. The topological polar surface area (TPSA) is 63.2 Å². The number of imidazole rings is 1. The van der Waals surface area contributed by atoms with Gasteiger partial charge in [-0.25, -0.2) is 4.98 Å². The summed E-state index contributed by atoms with van der Waals surface area (Å²) in [6.07, 6.45) is 3.75. The lowest BCUT2D eigenvalue weighted by atomic mass is 10.00. The van der Waals surface area contributed by atoms with E-state index < -0.39 is 0 Å². The highest BCUT2D eigenvalue weighted by atomic mass is 16.5. The highest BCUT2D eigenvalue weighted by Gasteiger charge is 2.25. The Hall–Kier alpha value is -4.36. The Balaban J connectivity index is 1.35. The summed E-state index contributed by atoms with van der Waals surface area (Å²) in [6.45, 7) is 7.87. The van der Waals surface area contributed by atoms with Crippen molar-refractivity contribution in [2.24, 2.45) is 0 Å². The van der Waals surface area contributed by atoms with Gasteiger partial charge in [0.05, 0.1) is 24.8 Å². The SMILES string of the molecule is COc1ccc(-c2nc3ccc(-c4cc(C)ccc4C)cn3c2CN2CCN(C(=O)c3ccco3)CC2)cc1. The molecule has 7 heteroatoms. The Kier molecular flexibility index (Phi) is 6.67. The lowest BCUT2D eigenvalue weighted by Gasteiger charge is -2.34. The van der Waals surface area contributed by atoms with Gasteiger partial charge in [-0.15, -0.1) is 0 Å². The highest BCUT2D eigenvalue weighted by molar-refractivity contribution is 5.91. The molecule has 0 radical (unpaired) electrons. The van der Waals surface area contributed by atoms with Gasteiger partial charge in [0.1, 0.15) is 11.4 Å². The minimum atomic E-state index is -0.0495. The number of furan rings is 1. The molecule has 0 spiro atoms. The maximum Gasteiger partial charge on any atom is 0.289 e. The number of hydrogen-bond donors (Lipinski definition) is 0. The zero-order chi connectivity index (χ0) is 26.9. The zero-order valence-electron chi connectivity index (χ0n) is 22.6. The van der Waals surface area contributed by atoms with Crippen LogP contribution in [0, 0.1) is 13.8 Å². The number of aryl methyl sites for hydroxylation is 2. The van der Waals surface area contributed by atoms with E-state index in [0.29, 0.717) is 18.8 Å². The predicted octanol–water partition coefficient (Wildman–Crippen LogP) is 5.84. The second kappa shape index (κ2) is 10.4. The molecule has 7 nitrogen and oxygen atoms in total. The second-order valence-corrected chi connectivity index (χ2v) is 10.1. The van der Waals surface area contributed by atoms with Crippen molar-refractivity contribution < 1.29 is 13.9 Å². The molecule has 2 aromatic carbocycles. The van der Waals surface area contributed by atoms with Crippen molar-refractivity contribution in [3.8, 4) is 28.1 Å². The molecule has 5 aromatic rings. The van der Waals surface area contributed by atoms with Gasteiger partial charge in [-0.2, -0.15) is 0 Å². The number of piperazine rings is 1. The standard InChI is InChI=1S/C32H32N4O3/c1-22-6-7-23(2)27(19-22)25-10-13-30-33-31(24-8-11-26(38-3)12-9-24)28(36(30)20-25)21-34-14-16-35(17-15-34)32(37)29-5-4-18-39-29/h4-13,18-20H,14-17,21H2,1-3H3. The lowest BCUT2D eigenvalue weighted by molar-refractivity contribution is 0.0596. The number of nitrogens with zero attached hydrogens (tertiary/aromatic N) is 4. The first-order chi connectivity index (χ1) is 19.0. The Labute approximate surface area is 228 Å². The van der Waals surface area contributed by atoms with E-state index in [-0.39, 0.29) is 5.91 Å². The van der Waals surface area contributed by atoms with E-state index in [1.807, 2.05) is 17.0 Å². The average molecular weight is 521 g/mol.